The lowest BCUT2D eigenvalue weighted by Crippen LogP contribution is -2.38. The van der Waals surface area contributed by atoms with E-state index in [1.165, 1.54) is 18.2 Å². The van der Waals surface area contributed by atoms with E-state index in [0.29, 0.717) is 40.6 Å². The minimum Gasteiger partial charge on any atom is -0.486 e. The Morgan fingerprint density at radius 2 is 2.12 bits per heavy atom. The maximum absolute atomic E-state index is 13.3. The molecule has 0 aliphatic carbocycles. The molecular formula is C24H29ClFN5O3. The molecule has 182 valence electrons. The van der Waals surface area contributed by atoms with Crippen LogP contribution in [0.5, 0.6) is 5.75 Å². The van der Waals surface area contributed by atoms with Gasteiger partial charge in [0.05, 0.1) is 22.7 Å². The van der Waals surface area contributed by atoms with Crippen LogP contribution >= 0.6 is 11.6 Å². The summed E-state index contributed by atoms with van der Waals surface area (Å²) in [5.41, 5.74) is 1.00. The van der Waals surface area contributed by atoms with Crippen molar-refractivity contribution < 1.29 is 13.9 Å². The van der Waals surface area contributed by atoms with Gasteiger partial charge in [0, 0.05) is 32.5 Å². The Morgan fingerprint density at radius 1 is 1.29 bits per heavy atom. The third-order valence-electron chi connectivity index (χ3n) is 6.06. The number of ether oxygens (including phenoxy) is 2. The molecule has 3 aromatic rings. The molecule has 0 bridgehead atoms. The minimum absolute atomic E-state index is 0.0105. The van der Waals surface area contributed by atoms with Crippen molar-refractivity contribution in [1.29, 1.82) is 0 Å². The zero-order valence-corrected chi connectivity index (χ0v) is 19.9. The predicted molar refractivity (Wildman–Crippen MR) is 129 cm³/mol. The number of likely N-dealkylation sites (tertiary alicyclic amines) is 1. The summed E-state index contributed by atoms with van der Waals surface area (Å²) >= 11 is 5.80. The molecule has 1 aliphatic heterocycles. The highest BCUT2D eigenvalue weighted by molar-refractivity contribution is 6.30. The third-order valence-corrected chi connectivity index (χ3v) is 6.35. The topological polar surface area (TPSA) is 92.4 Å². The second-order valence-corrected chi connectivity index (χ2v) is 8.85. The van der Waals surface area contributed by atoms with Gasteiger partial charge in [-0.1, -0.05) is 11.6 Å². The fourth-order valence-electron chi connectivity index (χ4n) is 4.11. The Balaban J connectivity index is 1.37. The number of pyridine rings is 1. The van der Waals surface area contributed by atoms with Crippen LogP contribution in [0.25, 0.3) is 10.9 Å². The molecule has 34 heavy (non-hydrogen) atoms. The van der Waals surface area contributed by atoms with E-state index in [1.54, 1.807) is 19.4 Å². The van der Waals surface area contributed by atoms with E-state index in [1.807, 2.05) is 0 Å². The first-order valence-electron chi connectivity index (χ1n) is 11.4. The van der Waals surface area contributed by atoms with Crippen LogP contribution in [0, 0.1) is 11.7 Å². The van der Waals surface area contributed by atoms with Crippen molar-refractivity contribution in [2.24, 2.45) is 5.92 Å². The van der Waals surface area contributed by atoms with Gasteiger partial charge in [0.2, 0.25) is 0 Å². The molecule has 2 N–H and O–H groups in total. The number of H-pyrrole nitrogens is 1. The molecule has 8 nitrogen and oxygen atoms in total. The quantitative estimate of drug-likeness (QED) is 0.452. The second-order valence-electron chi connectivity index (χ2n) is 8.44. The van der Waals surface area contributed by atoms with E-state index in [0.717, 1.165) is 45.6 Å². The summed E-state index contributed by atoms with van der Waals surface area (Å²) in [7, 11) is 1.73. The highest BCUT2D eigenvalue weighted by Crippen LogP contribution is 2.22. The van der Waals surface area contributed by atoms with Gasteiger partial charge in [-0.15, -0.1) is 0 Å². The lowest BCUT2D eigenvalue weighted by atomic mass is 9.97. The molecule has 3 heterocycles. The van der Waals surface area contributed by atoms with Crippen LogP contribution in [0.15, 0.2) is 35.3 Å². The van der Waals surface area contributed by atoms with E-state index in [2.05, 4.69) is 25.2 Å². The summed E-state index contributed by atoms with van der Waals surface area (Å²) in [5, 5.41) is 3.94. The Morgan fingerprint density at radius 3 is 2.88 bits per heavy atom. The monoisotopic (exact) mass is 489 g/mol. The molecule has 1 fully saturated rings. The van der Waals surface area contributed by atoms with E-state index in [4.69, 9.17) is 21.1 Å². The van der Waals surface area contributed by atoms with Gasteiger partial charge >= 0.3 is 0 Å². The smallest absolute Gasteiger partial charge is 0.258 e. The third kappa shape index (κ3) is 6.29. The summed E-state index contributed by atoms with van der Waals surface area (Å²) in [6.45, 7) is 5.34. The number of hydrogen-bond donors (Lipinski definition) is 2. The number of nitrogens with one attached hydrogen (secondary N) is 2. The molecule has 4 rings (SSSR count). The number of halogens is 2. The van der Waals surface area contributed by atoms with Crippen molar-refractivity contribution in [2.45, 2.75) is 26.0 Å². The van der Waals surface area contributed by atoms with Gasteiger partial charge in [0.25, 0.3) is 5.56 Å². The number of hydrogen-bond acceptors (Lipinski definition) is 7. The van der Waals surface area contributed by atoms with E-state index in [9.17, 15) is 9.18 Å². The fourth-order valence-corrected chi connectivity index (χ4v) is 4.28. The summed E-state index contributed by atoms with van der Waals surface area (Å²) in [4.78, 5) is 26.8. The number of fused-ring (bicyclic) bond motifs is 1. The largest absolute Gasteiger partial charge is 0.486 e. The van der Waals surface area contributed by atoms with Gasteiger partial charge < -0.3 is 24.7 Å². The number of nitrogens with zero attached hydrogens (tertiary/aromatic N) is 3. The predicted octanol–water partition coefficient (Wildman–Crippen LogP) is 3.14. The minimum atomic E-state index is -0.522. The zero-order chi connectivity index (χ0) is 23.9. The lowest BCUT2D eigenvalue weighted by Gasteiger charge is -2.31. The summed E-state index contributed by atoms with van der Waals surface area (Å²) in [6, 6.07) is 5.74. The molecule has 1 aliphatic rings. The highest BCUT2D eigenvalue weighted by Gasteiger charge is 2.19. The first-order valence-corrected chi connectivity index (χ1v) is 11.8. The van der Waals surface area contributed by atoms with Crippen LogP contribution in [-0.2, 0) is 17.9 Å². The zero-order valence-electron chi connectivity index (χ0n) is 19.2. The SMILES string of the molecule is COCCN1CCC(CNCc2nccc3c(=O)[nH]c(COc4ccc(F)c(Cl)c4)nc23)CC1. The molecule has 1 aromatic carbocycles. The van der Waals surface area contributed by atoms with E-state index >= 15 is 0 Å². The van der Waals surface area contributed by atoms with Crippen molar-refractivity contribution in [3.63, 3.8) is 0 Å². The number of aromatic amines is 1. The molecule has 10 heteroatoms. The number of piperidine rings is 1. The van der Waals surface area contributed by atoms with Crippen molar-refractivity contribution in [3.05, 3.63) is 63.2 Å². The van der Waals surface area contributed by atoms with Crippen LogP contribution < -0.4 is 15.6 Å². The number of aromatic nitrogens is 3. The van der Waals surface area contributed by atoms with Crippen molar-refractivity contribution in [2.75, 3.05) is 39.9 Å². The van der Waals surface area contributed by atoms with Gasteiger partial charge in [0.15, 0.2) is 0 Å². The summed E-state index contributed by atoms with van der Waals surface area (Å²) in [5.74, 6) is 0.828. The first-order chi connectivity index (χ1) is 16.5. The molecular weight excluding hydrogens is 461 g/mol. The van der Waals surface area contributed by atoms with Gasteiger partial charge in [0.1, 0.15) is 29.5 Å². The molecule has 0 unspecified atom stereocenters. The molecule has 1 saturated heterocycles. The van der Waals surface area contributed by atoms with Crippen LogP contribution in [0.4, 0.5) is 4.39 Å². The fraction of sp³-hybridized carbons (Fsp3) is 0.458. The van der Waals surface area contributed by atoms with Crippen LogP contribution in [-0.4, -0.2) is 59.7 Å². The van der Waals surface area contributed by atoms with Crippen molar-refractivity contribution in [3.8, 4) is 5.75 Å². The van der Waals surface area contributed by atoms with Crippen LogP contribution in [0.3, 0.4) is 0 Å². The van der Waals surface area contributed by atoms with Gasteiger partial charge in [-0.2, -0.15) is 0 Å². The Kier molecular flexibility index (Phi) is 8.44. The Hall–Kier alpha value is -2.59. The van der Waals surface area contributed by atoms with E-state index < -0.39 is 5.82 Å². The molecule has 2 aromatic heterocycles. The lowest BCUT2D eigenvalue weighted by molar-refractivity contribution is 0.120. The first kappa shape index (κ1) is 24.5. The average Bonchev–Trinajstić information content (AvgIpc) is 2.84. The number of methoxy groups -OCH3 is 1. The van der Waals surface area contributed by atoms with Gasteiger partial charge in [-0.05, 0) is 56.6 Å². The Labute approximate surface area is 202 Å². The van der Waals surface area contributed by atoms with Crippen molar-refractivity contribution in [1.82, 2.24) is 25.2 Å². The van der Waals surface area contributed by atoms with Crippen molar-refractivity contribution >= 4 is 22.5 Å². The van der Waals surface area contributed by atoms with Gasteiger partial charge in [-0.3, -0.25) is 9.78 Å². The number of benzene rings is 1. The molecule has 0 atom stereocenters. The van der Waals surface area contributed by atoms with Crippen LogP contribution in [0.1, 0.15) is 24.4 Å². The average molecular weight is 490 g/mol. The molecule has 0 spiro atoms. The highest BCUT2D eigenvalue weighted by atomic mass is 35.5. The molecule has 0 amide bonds. The summed E-state index contributed by atoms with van der Waals surface area (Å²) in [6.07, 6.45) is 3.92. The van der Waals surface area contributed by atoms with Gasteiger partial charge in [-0.25, -0.2) is 9.37 Å². The molecule has 0 saturated carbocycles. The maximum Gasteiger partial charge on any atom is 0.258 e. The van der Waals surface area contributed by atoms with Crippen LogP contribution in [0.2, 0.25) is 5.02 Å². The second kappa shape index (κ2) is 11.7. The number of rotatable bonds is 10. The maximum atomic E-state index is 13.3. The standard InChI is InChI=1S/C24H29ClFN5O3/c1-33-11-10-31-8-5-16(6-9-31)13-27-14-21-23-18(4-7-28-21)24(32)30-22(29-23)15-34-17-2-3-20(26)19(25)12-17/h2-4,7,12,16,27H,5-6,8-11,13-15H2,1H3,(H,29,30,32). The summed E-state index contributed by atoms with van der Waals surface area (Å²) < 4.78 is 24.1. The Bertz CT molecular complexity index is 1170. The van der Waals surface area contributed by atoms with E-state index in [-0.39, 0.29) is 17.2 Å². The molecule has 0 radical (unpaired) electrons. The normalized spacial score (nSPS) is 15.1.